The summed E-state index contributed by atoms with van der Waals surface area (Å²) in [6.07, 6.45) is 26.8. The molecule has 0 unspecified atom stereocenters. The lowest BCUT2D eigenvalue weighted by Gasteiger charge is -1.98. The third-order valence-electron chi connectivity index (χ3n) is 3.42. The van der Waals surface area contributed by atoms with Gasteiger partial charge in [0.05, 0.1) is 0 Å². The van der Waals surface area contributed by atoms with Crippen LogP contribution >= 0.6 is 0 Å². The van der Waals surface area contributed by atoms with Gasteiger partial charge in [-0.2, -0.15) is 0 Å². The van der Waals surface area contributed by atoms with Crippen LogP contribution in [0.1, 0.15) is 71.1 Å². The van der Waals surface area contributed by atoms with E-state index in [4.69, 9.17) is 5.11 Å². The van der Waals surface area contributed by atoms with E-state index in [2.05, 4.69) is 30.5 Å². The Balaban J connectivity index is 3.62. The Labute approximate surface area is 147 Å². The molecule has 0 aromatic rings. The molecule has 0 spiro atoms. The van der Waals surface area contributed by atoms with Gasteiger partial charge in [0.1, 0.15) is 0 Å². The van der Waals surface area contributed by atoms with E-state index in [1.54, 1.807) is 12.2 Å². The largest absolute Gasteiger partial charge is 0.481 e. The summed E-state index contributed by atoms with van der Waals surface area (Å²) in [5.74, 6) is -0.790. The fourth-order valence-corrected chi connectivity index (χ4v) is 2.07. The minimum atomic E-state index is -0.790. The highest BCUT2D eigenvalue weighted by Crippen LogP contribution is 2.08. The van der Waals surface area contributed by atoms with E-state index in [9.17, 15) is 4.79 Å². The van der Waals surface area contributed by atoms with Gasteiger partial charge in [0, 0.05) is 6.42 Å². The Kier molecular flexibility index (Phi) is 17.4. The molecule has 0 fully saturated rings. The summed E-state index contributed by atoms with van der Waals surface area (Å²) in [5, 5.41) is 8.46. The van der Waals surface area contributed by atoms with E-state index in [-0.39, 0.29) is 6.42 Å². The average Bonchev–Trinajstić information content (AvgIpc) is 2.56. The third kappa shape index (κ3) is 20.0. The van der Waals surface area contributed by atoms with E-state index in [1.807, 2.05) is 24.3 Å². The van der Waals surface area contributed by atoms with Crippen LogP contribution in [0.5, 0.6) is 0 Å². The first-order valence-corrected chi connectivity index (χ1v) is 9.13. The van der Waals surface area contributed by atoms with Crippen molar-refractivity contribution in [3.63, 3.8) is 0 Å². The van der Waals surface area contributed by atoms with Crippen LogP contribution in [-0.4, -0.2) is 11.1 Å². The monoisotopic (exact) mass is 328 g/mol. The smallest absolute Gasteiger partial charge is 0.303 e. The topological polar surface area (TPSA) is 37.3 Å². The number of hydrogen-bond donors (Lipinski definition) is 1. The van der Waals surface area contributed by atoms with Crippen LogP contribution in [0.15, 0.2) is 60.1 Å². The Bertz CT molecular complexity index is 482. The predicted molar refractivity (Wildman–Crippen MR) is 103 cm³/mol. The molecule has 0 heterocycles. The fraction of sp³-hybridized carbons (Fsp3) is 0.500. The molecule has 0 aliphatic rings. The van der Waals surface area contributed by atoms with Gasteiger partial charge >= 0.3 is 5.97 Å². The Hall–Kier alpha value is -2.01. The van der Waals surface area contributed by atoms with Gasteiger partial charge in [-0.05, 0) is 31.4 Å². The highest BCUT2D eigenvalue weighted by molar-refractivity contribution is 5.66. The molecular formula is C22H32O2. The second-order valence-electron chi connectivity index (χ2n) is 5.70. The van der Waals surface area contributed by atoms with Crippen molar-refractivity contribution in [2.45, 2.75) is 71.1 Å². The van der Waals surface area contributed by atoms with Gasteiger partial charge in [0.15, 0.2) is 0 Å². The van der Waals surface area contributed by atoms with Crippen LogP contribution in [0.3, 0.4) is 0 Å². The van der Waals surface area contributed by atoms with Crippen molar-refractivity contribution in [1.29, 1.82) is 0 Å². The normalized spacial score (nSPS) is 11.0. The molecule has 0 aliphatic heterocycles. The molecule has 0 saturated heterocycles. The van der Waals surface area contributed by atoms with E-state index in [0.717, 1.165) is 6.42 Å². The Morgan fingerprint density at radius 3 is 2.25 bits per heavy atom. The molecule has 0 saturated carbocycles. The fourth-order valence-electron chi connectivity index (χ4n) is 2.07. The maximum absolute atomic E-state index is 10.3. The van der Waals surface area contributed by atoms with Gasteiger partial charge in [0.25, 0.3) is 0 Å². The molecule has 1 N–H and O–H groups in total. The van der Waals surface area contributed by atoms with Crippen molar-refractivity contribution < 1.29 is 9.90 Å². The summed E-state index contributed by atoms with van der Waals surface area (Å²) in [6, 6.07) is 0. The molecule has 0 aromatic heterocycles. The van der Waals surface area contributed by atoms with Crippen molar-refractivity contribution in [3.05, 3.63) is 60.1 Å². The lowest BCUT2D eigenvalue weighted by Crippen LogP contribution is -1.91. The number of carboxylic acid groups (broad SMARTS) is 1. The zero-order valence-corrected chi connectivity index (χ0v) is 15.0. The van der Waals surface area contributed by atoms with Crippen LogP contribution in [0.4, 0.5) is 0 Å². The minimum absolute atomic E-state index is 0.137. The molecule has 0 radical (unpaired) electrons. The van der Waals surface area contributed by atoms with Gasteiger partial charge < -0.3 is 5.11 Å². The summed E-state index contributed by atoms with van der Waals surface area (Å²) in [6.45, 7) is 2.25. The first-order valence-electron chi connectivity index (χ1n) is 9.13. The van der Waals surface area contributed by atoms with Gasteiger partial charge in [-0.15, -0.1) is 0 Å². The SMILES string of the molecule is CCCCCCCCC/C=C/C=C/C=C/C=C=C=CCCC(=O)O. The number of carboxylic acids is 1. The molecule has 2 nitrogen and oxygen atoms in total. The lowest BCUT2D eigenvalue weighted by molar-refractivity contribution is -0.136. The van der Waals surface area contributed by atoms with Crippen molar-refractivity contribution in [2.75, 3.05) is 0 Å². The minimum Gasteiger partial charge on any atom is -0.481 e. The number of unbranched alkanes of at least 4 members (excludes halogenated alkanes) is 7. The molecule has 0 bridgehead atoms. The number of allylic oxidation sites excluding steroid dienone is 8. The van der Waals surface area contributed by atoms with Crippen molar-refractivity contribution in [2.24, 2.45) is 0 Å². The van der Waals surface area contributed by atoms with E-state index in [1.165, 1.54) is 44.9 Å². The second kappa shape index (κ2) is 19.0. The Morgan fingerprint density at radius 1 is 0.833 bits per heavy atom. The van der Waals surface area contributed by atoms with Gasteiger partial charge in [-0.3, -0.25) is 4.79 Å². The standard InChI is InChI=1S/C22H32O2/c1-2-3-4-5-6-7-8-9-10-11-12-13-14-15-16-17-18-19-20-21-22(23)24/h10-16,19H,2-9,20-21H2,1H3,(H,23,24)/b11-10+,13-12+,15-14+,19-16?. The second-order valence-corrected chi connectivity index (χ2v) is 5.70. The summed E-state index contributed by atoms with van der Waals surface area (Å²) in [5.41, 5.74) is 5.64. The zero-order chi connectivity index (χ0) is 17.7. The maximum atomic E-state index is 10.3. The molecule has 0 amide bonds. The number of hydrogen-bond acceptors (Lipinski definition) is 1. The van der Waals surface area contributed by atoms with Crippen LogP contribution in [-0.2, 0) is 4.79 Å². The first-order chi connectivity index (χ1) is 11.8. The predicted octanol–water partition coefficient (Wildman–Crippen LogP) is 6.53. The molecule has 0 atom stereocenters. The van der Waals surface area contributed by atoms with E-state index in [0.29, 0.717) is 6.42 Å². The van der Waals surface area contributed by atoms with Crippen molar-refractivity contribution in [1.82, 2.24) is 0 Å². The van der Waals surface area contributed by atoms with Gasteiger partial charge in [0.2, 0.25) is 0 Å². The quantitative estimate of drug-likeness (QED) is 0.224. The highest BCUT2D eigenvalue weighted by atomic mass is 16.4. The summed E-state index contributed by atoms with van der Waals surface area (Å²) in [7, 11) is 0. The van der Waals surface area contributed by atoms with Crippen LogP contribution in [0.2, 0.25) is 0 Å². The third-order valence-corrected chi connectivity index (χ3v) is 3.42. The molecular weight excluding hydrogens is 296 g/mol. The van der Waals surface area contributed by atoms with Crippen molar-refractivity contribution in [3.8, 4) is 0 Å². The molecule has 2 heteroatoms. The lowest BCUT2D eigenvalue weighted by atomic mass is 10.1. The number of carbonyl (C=O) groups is 1. The van der Waals surface area contributed by atoms with E-state index < -0.39 is 5.97 Å². The van der Waals surface area contributed by atoms with Gasteiger partial charge in [-0.25, -0.2) is 0 Å². The number of rotatable bonds is 14. The Morgan fingerprint density at radius 2 is 1.50 bits per heavy atom. The molecule has 132 valence electrons. The van der Waals surface area contributed by atoms with E-state index >= 15 is 0 Å². The number of aliphatic carboxylic acids is 1. The summed E-state index contributed by atoms with van der Waals surface area (Å²) < 4.78 is 0. The molecule has 0 rings (SSSR count). The molecule has 0 aromatic carbocycles. The molecule has 24 heavy (non-hydrogen) atoms. The average molecular weight is 328 g/mol. The zero-order valence-electron chi connectivity index (χ0n) is 15.0. The maximum Gasteiger partial charge on any atom is 0.303 e. The van der Waals surface area contributed by atoms with Crippen LogP contribution < -0.4 is 0 Å². The first kappa shape index (κ1) is 22.0. The van der Waals surface area contributed by atoms with Crippen LogP contribution in [0, 0.1) is 0 Å². The highest BCUT2D eigenvalue weighted by Gasteiger charge is 1.90. The molecule has 0 aliphatic carbocycles. The van der Waals surface area contributed by atoms with Crippen molar-refractivity contribution >= 4 is 5.97 Å². The summed E-state index contributed by atoms with van der Waals surface area (Å²) in [4.78, 5) is 10.3. The summed E-state index contributed by atoms with van der Waals surface area (Å²) >= 11 is 0. The van der Waals surface area contributed by atoms with Gasteiger partial charge in [-0.1, -0.05) is 93.4 Å². The van der Waals surface area contributed by atoms with Crippen LogP contribution in [0.25, 0.3) is 0 Å².